The fraction of sp³-hybridized carbons (Fsp3) is 0.333. The number of quaternary nitrogens is 2. The Morgan fingerprint density at radius 2 is 1.45 bits per heavy atom. The third-order valence-electron chi connectivity index (χ3n) is 1.78. The van der Waals surface area contributed by atoms with Crippen molar-refractivity contribution in [3.8, 4) is 0 Å². The molecule has 0 aliphatic rings. The van der Waals surface area contributed by atoms with Gasteiger partial charge in [-0.15, -0.1) is 0 Å². The molecule has 11 heavy (non-hydrogen) atoms. The van der Waals surface area contributed by atoms with Crippen LogP contribution in [0.2, 0.25) is 0 Å². The van der Waals surface area contributed by atoms with Crippen molar-refractivity contribution in [2.24, 2.45) is 0 Å². The molecule has 1 aromatic carbocycles. The van der Waals surface area contributed by atoms with Crippen LogP contribution in [-0.2, 0) is 13.0 Å². The highest BCUT2D eigenvalue weighted by atomic mass is 14.5. The molecule has 0 fully saturated rings. The maximum Gasteiger partial charge on any atom is 0.0997 e. The second-order valence-electron chi connectivity index (χ2n) is 2.67. The highest BCUT2D eigenvalue weighted by Gasteiger charge is 1.93. The number of rotatable bonds is 3. The van der Waals surface area contributed by atoms with Crippen molar-refractivity contribution in [1.82, 2.24) is 0 Å². The van der Waals surface area contributed by atoms with E-state index in [0.717, 1.165) is 19.5 Å². The van der Waals surface area contributed by atoms with Crippen molar-refractivity contribution >= 4 is 0 Å². The summed E-state index contributed by atoms with van der Waals surface area (Å²) in [5.74, 6) is 0. The molecular weight excluding hydrogens is 136 g/mol. The minimum atomic E-state index is 0.880. The fourth-order valence-electron chi connectivity index (χ4n) is 1.08. The Morgan fingerprint density at radius 3 is 1.91 bits per heavy atom. The zero-order chi connectivity index (χ0) is 8.10. The first-order chi connectivity index (χ1) is 5.36. The number of hydrogen-bond acceptors (Lipinski definition) is 0. The average Bonchev–Trinajstić information content (AvgIpc) is 2.07. The van der Waals surface area contributed by atoms with Crippen LogP contribution in [0.5, 0.6) is 0 Å². The second-order valence-corrected chi connectivity index (χ2v) is 2.67. The summed E-state index contributed by atoms with van der Waals surface area (Å²) in [5.41, 5.74) is 10.3. The summed E-state index contributed by atoms with van der Waals surface area (Å²) in [4.78, 5) is 0. The molecule has 0 saturated carbocycles. The summed E-state index contributed by atoms with van der Waals surface area (Å²) in [6.07, 6.45) is 1.08. The smallest absolute Gasteiger partial charge is 0.0997 e. The van der Waals surface area contributed by atoms with Crippen LogP contribution in [0.1, 0.15) is 11.1 Å². The first kappa shape index (κ1) is 8.24. The Kier molecular flexibility index (Phi) is 3.08. The summed E-state index contributed by atoms with van der Waals surface area (Å²) in [6.45, 7) is 1.86. The second kappa shape index (κ2) is 4.11. The molecule has 0 atom stereocenters. The lowest BCUT2D eigenvalue weighted by atomic mass is 10.1. The molecule has 0 bridgehead atoms. The quantitative estimate of drug-likeness (QED) is 0.570. The third kappa shape index (κ3) is 2.33. The maximum atomic E-state index is 3.82. The predicted octanol–water partition coefficient (Wildman–Crippen LogP) is -0.787. The average molecular weight is 152 g/mol. The molecule has 2 heteroatoms. The van der Waals surface area contributed by atoms with Crippen LogP contribution in [0.25, 0.3) is 0 Å². The van der Waals surface area contributed by atoms with E-state index in [0.29, 0.717) is 0 Å². The molecule has 0 saturated heterocycles. The van der Waals surface area contributed by atoms with Gasteiger partial charge in [0.05, 0.1) is 13.1 Å². The zero-order valence-electron chi connectivity index (χ0n) is 6.84. The van der Waals surface area contributed by atoms with E-state index in [2.05, 4.69) is 35.7 Å². The van der Waals surface area contributed by atoms with E-state index in [1.807, 2.05) is 0 Å². The number of hydrogen-bond donors (Lipinski definition) is 2. The third-order valence-corrected chi connectivity index (χ3v) is 1.78. The summed E-state index contributed by atoms with van der Waals surface area (Å²) in [7, 11) is 0. The Balaban J connectivity index is 2.66. The lowest BCUT2D eigenvalue weighted by molar-refractivity contribution is -0.386. The Labute approximate surface area is 67.2 Å². The monoisotopic (exact) mass is 152 g/mol. The van der Waals surface area contributed by atoms with E-state index >= 15 is 0 Å². The molecule has 0 spiro atoms. The highest BCUT2D eigenvalue weighted by molar-refractivity contribution is 5.21. The normalized spacial score (nSPS) is 10.0. The molecular formula is C9H16N2+2. The standard InChI is InChI=1S/C9H14N2/c10-6-5-8-1-3-9(7-11)4-2-8/h1-4H,5-7,10-11H2/p+2. The first-order valence-corrected chi connectivity index (χ1v) is 4.03. The van der Waals surface area contributed by atoms with Gasteiger partial charge >= 0.3 is 0 Å². The van der Waals surface area contributed by atoms with Gasteiger partial charge in [-0.25, -0.2) is 0 Å². The summed E-state index contributed by atoms with van der Waals surface area (Å²) < 4.78 is 0. The van der Waals surface area contributed by atoms with E-state index in [4.69, 9.17) is 0 Å². The van der Waals surface area contributed by atoms with E-state index in [-0.39, 0.29) is 0 Å². The molecule has 0 radical (unpaired) electrons. The molecule has 0 aromatic heterocycles. The Bertz CT molecular complexity index is 203. The van der Waals surface area contributed by atoms with Gasteiger partial charge in [-0.2, -0.15) is 0 Å². The van der Waals surface area contributed by atoms with Crippen molar-refractivity contribution < 1.29 is 11.5 Å². The van der Waals surface area contributed by atoms with Gasteiger partial charge in [0.1, 0.15) is 0 Å². The van der Waals surface area contributed by atoms with Crippen LogP contribution in [0.3, 0.4) is 0 Å². The van der Waals surface area contributed by atoms with Gasteiger partial charge in [0.25, 0.3) is 0 Å². The van der Waals surface area contributed by atoms with Gasteiger partial charge in [0.15, 0.2) is 0 Å². The lowest BCUT2D eigenvalue weighted by Gasteiger charge is -1.97. The zero-order valence-corrected chi connectivity index (χ0v) is 6.84. The molecule has 0 aliphatic carbocycles. The summed E-state index contributed by atoms with van der Waals surface area (Å²) in [6, 6.07) is 8.59. The van der Waals surface area contributed by atoms with Gasteiger partial charge in [-0.05, 0) is 5.56 Å². The van der Waals surface area contributed by atoms with Crippen molar-refractivity contribution in [2.45, 2.75) is 13.0 Å². The molecule has 0 heterocycles. The van der Waals surface area contributed by atoms with Crippen molar-refractivity contribution in [3.05, 3.63) is 35.4 Å². The molecule has 0 aliphatic heterocycles. The molecule has 1 rings (SSSR count). The molecule has 2 nitrogen and oxygen atoms in total. The van der Waals surface area contributed by atoms with Crippen molar-refractivity contribution in [2.75, 3.05) is 6.54 Å². The molecule has 0 unspecified atom stereocenters. The topological polar surface area (TPSA) is 55.3 Å². The SMILES string of the molecule is [NH3+]CCc1ccc(C[NH3+])cc1. The van der Waals surface area contributed by atoms with Gasteiger partial charge in [0, 0.05) is 12.0 Å². The van der Waals surface area contributed by atoms with Crippen molar-refractivity contribution in [3.63, 3.8) is 0 Å². The van der Waals surface area contributed by atoms with Crippen molar-refractivity contribution in [1.29, 1.82) is 0 Å². The molecule has 6 N–H and O–H groups in total. The van der Waals surface area contributed by atoms with Crippen LogP contribution in [0, 0.1) is 0 Å². The van der Waals surface area contributed by atoms with Crippen LogP contribution in [0.4, 0.5) is 0 Å². The van der Waals surface area contributed by atoms with Crippen LogP contribution < -0.4 is 11.5 Å². The van der Waals surface area contributed by atoms with Gasteiger partial charge in [-0.3, -0.25) is 0 Å². The van der Waals surface area contributed by atoms with Crippen LogP contribution in [0.15, 0.2) is 24.3 Å². The van der Waals surface area contributed by atoms with Crippen LogP contribution in [-0.4, -0.2) is 6.54 Å². The van der Waals surface area contributed by atoms with E-state index in [9.17, 15) is 0 Å². The minimum absolute atomic E-state index is 0.880. The largest absolute Gasteiger partial charge is 0.357 e. The van der Waals surface area contributed by atoms with Crippen LogP contribution >= 0.6 is 0 Å². The molecule has 60 valence electrons. The summed E-state index contributed by atoms with van der Waals surface area (Å²) >= 11 is 0. The minimum Gasteiger partial charge on any atom is -0.357 e. The summed E-state index contributed by atoms with van der Waals surface area (Å²) in [5, 5.41) is 0. The Morgan fingerprint density at radius 1 is 0.909 bits per heavy atom. The lowest BCUT2D eigenvalue weighted by Crippen LogP contribution is -2.51. The van der Waals surface area contributed by atoms with Gasteiger partial charge in [-0.1, -0.05) is 24.3 Å². The van der Waals surface area contributed by atoms with E-state index in [1.54, 1.807) is 0 Å². The van der Waals surface area contributed by atoms with Gasteiger partial charge in [0.2, 0.25) is 0 Å². The predicted molar refractivity (Wildman–Crippen MR) is 44.5 cm³/mol. The maximum absolute atomic E-state index is 3.82. The van der Waals surface area contributed by atoms with Gasteiger partial charge < -0.3 is 11.5 Å². The van der Waals surface area contributed by atoms with E-state index < -0.39 is 0 Å². The fourth-order valence-corrected chi connectivity index (χ4v) is 1.08. The molecule has 0 amide bonds. The Hall–Kier alpha value is -0.860. The highest BCUT2D eigenvalue weighted by Crippen LogP contribution is 2.02. The number of benzene rings is 1. The van der Waals surface area contributed by atoms with E-state index in [1.165, 1.54) is 11.1 Å². The molecule has 1 aromatic rings. The first-order valence-electron chi connectivity index (χ1n) is 4.03.